The lowest BCUT2D eigenvalue weighted by Gasteiger charge is -2.23. The van der Waals surface area contributed by atoms with E-state index in [4.69, 9.17) is 18.9 Å². The molecule has 1 aromatic heterocycles. The van der Waals surface area contributed by atoms with Crippen LogP contribution in [0, 0.1) is 5.82 Å². The van der Waals surface area contributed by atoms with Gasteiger partial charge in [0.15, 0.2) is 17.3 Å². The second-order valence-electron chi connectivity index (χ2n) is 9.56. The smallest absolute Gasteiger partial charge is 0.412 e. The summed E-state index contributed by atoms with van der Waals surface area (Å²) >= 11 is 0. The minimum absolute atomic E-state index is 0.0404. The van der Waals surface area contributed by atoms with Crippen molar-refractivity contribution in [2.24, 2.45) is 0 Å². The third-order valence-corrected chi connectivity index (χ3v) is 5.64. The summed E-state index contributed by atoms with van der Waals surface area (Å²) in [6.45, 7) is 5.19. The summed E-state index contributed by atoms with van der Waals surface area (Å²) in [6.07, 6.45) is -0.684. The number of ketones is 1. The number of benzene rings is 2. The van der Waals surface area contributed by atoms with E-state index in [1.165, 1.54) is 39.5 Å². The SMILES string of the molecule is COC(=O)c1cccc(CC(C(=O)c2ccc(F)c(OC)c2)c2ccc(OC)cc2NC(=O)OC(C)(C)C)n1. The van der Waals surface area contributed by atoms with Crippen LogP contribution >= 0.6 is 0 Å². The minimum atomic E-state index is -0.920. The van der Waals surface area contributed by atoms with Crippen molar-refractivity contribution in [2.75, 3.05) is 26.6 Å². The fourth-order valence-electron chi connectivity index (χ4n) is 3.87. The Hall–Kier alpha value is -4.47. The number of esters is 1. The maximum Gasteiger partial charge on any atom is 0.412 e. The van der Waals surface area contributed by atoms with E-state index in [0.717, 1.165) is 6.07 Å². The van der Waals surface area contributed by atoms with Gasteiger partial charge in [-0.05, 0) is 62.7 Å². The van der Waals surface area contributed by atoms with Gasteiger partial charge < -0.3 is 18.9 Å². The van der Waals surface area contributed by atoms with Crippen LogP contribution in [0.1, 0.15) is 58.8 Å². The second-order valence-corrected chi connectivity index (χ2v) is 9.56. The summed E-state index contributed by atoms with van der Waals surface area (Å²) < 4.78 is 34.7. The predicted molar refractivity (Wildman–Crippen MR) is 142 cm³/mol. The highest BCUT2D eigenvalue weighted by Gasteiger charge is 2.28. The largest absolute Gasteiger partial charge is 0.497 e. The van der Waals surface area contributed by atoms with Gasteiger partial charge in [-0.2, -0.15) is 0 Å². The molecule has 1 heterocycles. The number of halogens is 1. The van der Waals surface area contributed by atoms with Crippen molar-refractivity contribution in [2.45, 2.75) is 38.7 Å². The predicted octanol–water partition coefficient (Wildman–Crippen LogP) is 5.58. The minimum Gasteiger partial charge on any atom is -0.497 e. The van der Waals surface area contributed by atoms with Crippen molar-refractivity contribution in [3.05, 3.63) is 82.9 Å². The summed E-state index contributed by atoms with van der Waals surface area (Å²) in [5.74, 6) is -2.21. The number of hydrogen-bond acceptors (Lipinski definition) is 8. The first-order valence-electron chi connectivity index (χ1n) is 12.1. The van der Waals surface area contributed by atoms with Crippen molar-refractivity contribution in [3.8, 4) is 11.5 Å². The number of anilines is 1. The summed E-state index contributed by atoms with van der Waals surface area (Å²) in [5.41, 5.74) is 0.624. The Kier molecular flexibility index (Phi) is 9.24. The number of methoxy groups -OCH3 is 3. The van der Waals surface area contributed by atoms with Crippen molar-refractivity contribution in [1.29, 1.82) is 0 Å². The molecule has 1 unspecified atom stereocenters. The van der Waals surface area contributed by atoms with Gasteiger partial charge in [0, 0.05) is 23.7 Å². The van der Waals surface area contributed by atoms with Crippen LogP contribution in [0.15, 0.2) is 54.6 Å². The lowest BCUT2D eigenvalue weighted by atomic mass is 9.85. The molecule has 10 heteroatoms. The van der Waals surface area contributed by atoms with Crippen molar-refractivity contribution < 1.29 is 37.7 Å². The van der Waals surface area contributed by atoms with Crippen LogP contribution in [0.25, 0.3) is 0 Å². The lowest BCUT2D eigenvalue weighted by molar-refractivity contribution is 0.0591. The van der Waals surface area contributed by atoms with Crippen LogP contribution in [0.4, 0.5) is 14.9 Å². The first kappa shape index (κ1) is 29.1. The van der Waals surface area contributed by atoms with E-state index in [2.05, 4.69) is 10.3 Å². The van der Waals surface area contributed by atoms with Crippen molar-refractivity contribution in [3.63, 3.8) is 0 Å². The summed E-state index contributed by atoms with van der Waals surface area (Å²) in [5, 5.41) is 2.71. The number of pyridine rings is 1. The standard InChI is InChI=1S/C29H31FN2O7/c1-29(2,3)39-28(35)32-24-16-19(36-4)11-12-20(24)21(15-18-8-7-9-23(31-18)27(34)38-6)26(33)17-10-13-22(30)25(14-17)37-5/h7-14,16,21H,15H2,1-6H3,(H,32,35). The molecule has 0 saturated heterocycles. The zero-order valence-corrected chi connectivity index (χ0v) is 22.7. The first-order valence-corrected chi connectivity index (χ1v) is 12.1. The Morgan fingerprint density at radius 1 is 0.974 bits per heavy atom. The molecule has 0 radical (unpaired) electrons. The van der Waals surface area contributed by atoms with Gasteiger partial charge in [0.1, 0.15) is 17.0 Å². The van der Waals surface area contributed by atoms with E-state index < -0.39 is 35.2 Å². The molecule has 0 aliphatic carbocycles. The summed E-state index contributed by atoms with van der Waals surface area (Å²) in [7, 11) is 4.03. The first-order chi connectivity index (χ1) is 18.4. The van der Waals surface area contributed by atoms with Gasteiger partial charge >= 0.3 is 12.1 Å². The number of ether oxygens (including phenoxy) is 4. The number of aromatic nitrogens is 1. The molecule has 0 spiro atoms. The van der Waals surface area contributed by atoms with Gasteiger partial charge in [-0.15, -0.1) is 0 Å². The van der Waals surface area contributed by atoms with Gasteiger partial charge in [0.05, 0.1) is 32.9 Å². The number of Topliss-reactive ketones (excluding diaryl/α,β-unsaturated/α-hetero) is 1. The zero-order valence-electron chi connectivity index (χ0n) is 22.7. The van der Waals surface area contributed by atoms with E-state index in [-0.39, 0.29) is 29.1 Å². The highest BCUT2D eigenvalue weighted by molar-refractivity contribution is 6.03. The van der Waals surface area contributed by atoms with E-state index in [1.54, 1.807) is 51.1 Å². The number of rotatable bonds is 9. The monoisotopic (exact) mass is 538 g/mol. The fraction of sp³-hybridized carbons (Fsp3) is 0.310. The molecule has 1 N–H and O–H groups in total. The summed E-state index contributed by atoms with van der Waals surface area (Å²) in [4.78, 5) is 43.1. The molecule has 0 aliphatic rings. The molecule has 206 valence electrons. The average molecular weight is 539 g/mol. The average Bonchev–Trinajstić information content (AvgIpc) is 2.90. The van der Waals surface area contributed by atoms with Crippen LogP contribution in [0.2, 0.25) is 0 Å². The van der Waals surface area contributed by atoms with Gasteiger partial charge in [-0.1, -0.05) is 12.1 Å². The number of nitrogens with one attached hydrogen (secondary N) is 1. The topological polar surface area (TPSA) is 113 Å². The van der Waals surface area contributed by atoms with Crippen LogP contribution in [-0.4, -0.2) is 49.8 Å². The zero-order chi connectivity index (χ0) is 28.7. The molecule has 2 aromatic carbocycles. The Morgan fingerprint density at radius 3 is 2.36 bits per heavy atom. The highest BCUT2D eigenvalue weighted by Crippen LogP contribution is 2.34. The molecular weight excluding hydrogens is 507 g/mol. The molecule has 0 aliphatic heterocycles. The van der Waals surface area contributed by atoms with Crippen LogP contribution < -0.4 is 14.8 Å². The fourth-order valence-corrected chi connectivity index (χ4v) is 3.87. The Morgan fingerprint density at radius 2 is 1.72 bits per heavy atom. The number of carbonyl (C=O) groups excluding carboxylic acids is 3. The summed E-state index contributed by atoms with van der Waals surface area (Å²) in [6, 6.07) is 13.5. The normalized spacial score (nSPS) is 11.8. The third-order valence-electron chi connectivity index (χ3n) is 5.64. The third kappa shape index (κ3) is 7.53. The van der Waals surface area contributed by atoms with Gasteiger partial charge in [0.2, 0.25) is 0 Å². The number of carbonyl (C=O) groups is 3. The van der Waals surface area contributed by atoms with E-state index in [9.17, 15) is 18.8 Å². The van der Waals surface area contributed by atoms with E-state index in [1.807, 2.05) is 0 Å². The van der Waals surface area contributed by atoms with Crippen LogP contribution in [0.3, 0.4) is 0 Å². The number of nitrogens with zero attached hydrogens (tertiary/aromatic N) is 1. The molecule has 3 aromatic rings. The molecule has 0 bridgehead atoms. The number of amides is 1. The molecule has 0 saturated carbocycles. The number of hydrogen-bond donors (Lipinski definition) is 1. The molecule has 39 heavy (non-hydrogen) atoms. The Balaban J connectivity index is 2.13. The van der Waals surface area contributed by atoms with Crippen molar-refractivity contribution in [1.82, 2.24) is 4.98 Å². The lowest BCUT2D eigenvalue weighted by Crippen LogP contribution is -2.28. The maximum atomic E-state index is 14.1. The quantitative estimate of drug-likeness (QED) is 0.278. The molecule has 0 fully saturated rings. The van der Waals surface area contributed by atoms with Crippen LogP contribution in [0.5, 0.6) is 11.5 Å². The Bertz CT molecular complexity index is 1370. The molecular formula is C29H31FN2O7. The second kappa shape index (κ2) is 12.4. The maximum absolute atomic E-state index is 14.1. The van der Waals surface area contributed by atoms with Gasteiger partial charge in [0.25, 0.3) is 0 Å². The van der Waals surface area contributed by atoms with E-state index in [0.29, 0.717) is 17.0 Å². The van der Waals surface area contributed by atoms with Gasteiger partial charge in [-0.3, -0.25) is 10.1 Å². The van der Waals surface area contributed by atoms with Crippen LogP contribution in [-0.2, 0) is 15.9 Å². The Labute approximate surface area is 226 Å². The highest BCUT2D eigenvalue weighted by atomic mass is 19.1. The van der Waals surface area contributed by atoms with Crippen molar-refractivity contribution >= 4 is 23.5 Å². The molecule has 1 amide bonds. The molecule has 1 atom stereocenters. The molecule has 9 nitrogen and oxygen atoms in total. The van der Waals surface area contributed by atoms with Gasteiger partial charge in [-0.25, -0.2) is 19.0 Å². The molecule has 3 rings (SSSR count). The van der Waals surface area contributed by atoms with E-state index >= 15 is 0 Å².